The van der Waals surface area contributed by atoms with Gasteiger partial charge in [0.25, 0.3) is 0 Å². The molecule has 1 atom stereocenters. The number of H-pyrrole nitrogens is 1. The summed E-state index contributed by atoms with van der Waals surface area (Å²) in [6.07, 6.45) is 8.59. The van der Waals surface area contributed by atoms with Crippen LogP contribution in [0.5, 0.6) is 5.88 Å². The van der Waals surface area contributed by atoms with Crippen LogP contribution >= 0.6 is 11.9 Å². The zero-order chi connectivity index (χ0) is 24.2. The Labute approximate surface area is 197 Å². The van der Waals surface area contributed by atoms with Crippen LogP contribution < -0.4 is 9.46 Å². The molecule has 2 aromatic heterocycles. The van der Waals surface area contributed by atoms with E-state index in [9.17, 15) is 8.78 Å². The third kappa shape index (κ3) is 8.94. The number of rotatable bonds is 10. The minimum absolute atomic E-state index is 0.0746. The van der Waals surface area contributed by atoms with E-state index in [1.54, 1.807) is 36.7 Å². The average molecular weight is 472 g/mol. The summed E-state index contributed by atoms with van der Waals surface area (Å²) in [6.45, 7) is 5.00. The summed E-state index contributed by atoms with van der Waals surface area (Å²) in [5.74, 6) is 6.35. The fourth-order valence-electron chi connectivity index (χ4n) is 2.54. The van der Waals surface area contributed by atoms with Crippen molar-refractivity contribution in [1.82, 2.24) is 15.0 Å². The maximum absolute atomic E-state index is 13.6. The van der Waals surface area contributed by atoms with E-state index in [4.69, 9.17) is 10.1 Å². The fourth-order valence-corrected chi connectivity index (χ4v) is 3.13. The molecule has 9 heteroatoms. The summed E-state index contributed by atoms with van der Waals surface area (Å²) in [7, 11) is 1.50. The number of ether oxygens (including phenoxy) is 1. The van der Waals surface area contributed by atoms with E-state index in [1.807, 2.05) is 13.8 Å². The Morgan fingerprint density at radius 2 is 2.15 bits per heavy atom. The summed E-state index contributed by atoms with van der Waals surface area (Å²) < 4.78 is 34.8. The van der Waals surface area contributed by atoms with Crippen LogP contribution in [0.1, 0.15) is 50.7 Å². The normalized spacial score (nSPS) is 12.9. The maximum Gasteiger partial charge on any atom is 0.237 e. The third-order valence-electron chi connectivity index (χ3n) is 4.12. The Kier molecular flexibility index (Phi) is 10.4. The molecule has 0 bridgehead atoms. The highest BCUT2D eigenvalue weighted by molar-refractivity contribution is 8.04. The summed E-state index contributed by atoms with van der Waals surface area (Å²) in [5, 5.41) is 8.35. The highest BCUT2D eigenvalue weighted by Gasteiger charge is 2.09. The van der Waals surface area contributed by atoms with Gasteiger partial charge < -0.3 is 19.9 Å². The largest absolute Gasteiger partial charge is 0.480 e. The van der Waals surface area contributed by atoms with E-state index in [-0.39, 0.29) is 12.1 Å². The first-order valence-corrected chi connectivity index (χ1v) is 11.1. The van der Waals surface area contributed by atoms with Gasteiger partial charge in [0.15, 0.2) is 0 Å². The smallest absolute Gasteiger partial charge is 0.237 e. The van der Waals surface area contributed by atoms with E-state index < -0.39 is 12.0 Å². The van der Waals surface area contributed by atoms with Crippen molar-refractivity contribution >= 4 is 29.4 Å². The molecule has 2 aromatic rings. The molecule has 33 heavy (non-hydrogen) atoms. The first-order chi connectivity index (χ1) is 15.8. The molecular formula is C24H27F2N5OS. The van der Waals surface area contributed by atoms with Gasteiger partial charge in [-0.05, 0) is 60.9 Å². The van der Waals surface area contributed by atoms with Gasteiger partial charge in [0, 0.05) is 24.6 Å². The average Bonchev–Trinajstić information content (AvgIpc) is 3.25. The number of allylic oxidation sites excluding steroid dienone is 5. The Balaban J connectivity index is 2.06. The molecule has 2 heterocycles. The van der Waals surface area contributed by atoms with Gasteiger partial charge >= 0.3 is 0 Å². The number of hydrogen-bond donors (Lipinski definition) is 3. The standard InChI is InChI=1S/C24H27F2N5OS/c1-5-6-7-20-15-28-23(30-20)11-10-21(27)18-13-22(24(32-4)29-14-18)31-33-17(3)8-9-19(26)12-16(2)25/h8,10-15,19,27,31H,5,9H2,1-4H3,(H,28,30)/b11-10-,16-12+,17-8+,27-21?. The van der Waals surface area contributed by atoms with E-state index >= 15 is 0 Å². The lowest BCUT2D eigenvalue weighted by molar-refractivity contribution is 0.396. The Hall–Kier alpha value is -3.38. The van der Waals surface area contributed by atoms with Crippen LogP contribution in [0.4, 0.5) is 14.5 Å². The SMILES string of the molecule is CCC#Cc1cnc(/C=C\C(=N)c2cnc(OC)c(NS/C(C)=C/CC(F)/C=C(\C)F)c2)[nH]1. The van der Waals surface area contributed by atoms with Crippen molar-refractivity contribution < 1.29 is 13.5 Å². The molecule has 0 spiro atoms. The van der Waals surface area contributed by atoms with Crippen LogP contribution in [0.15, 0.2) is 47.4 Å². The van der Waals surface area contributed by atoms with E-state index in [2.05, 4.69) is 31.5 Å². The van der Waals surface area contributed by atoms with Crippen molar-refractivity contribution in [2.45, 2.75) is 39.8 Å². The summed E-state index contributed by atoms with van der Waals surface area (Å²) in [6, 6.07) is 1.74. The quantitative estimate of drug-likeness (QED) is 0.217. The van der Waals surface area contributed by atoms with Crippen LogP contribution in [0, 0.1) is 17.3 Å². The van der Waals surface area contributed by atoms with Gasteiger partial charge in [-0.1, -0.05) is 18.9 Å². The van der Waals surface area contributed by atoms with Gasteiger partial charge in [-0.2, -0.15) is 0 Å². The number of nitrogens with one attached hydrogen (secondary N) is 3. The summed E-state index contributed by atoms with van der Waals surface area (Å²) in [5.41, 5.74) is 2.09. The lowest BCUT2D eigenvalue weighted by Crippen LogP contribution is -2.01. The van der Waals surface area contributed by atoms with Crippen molar-refractivity contribution in [2.75, 3.05) is 11.8 Å². The molecule has 1 unspecified atom stereocenters. The lowest BCUT2D eigenvalue weighted by atomic mass is 10.1. The maximum atomic E-state index is 13.6. The number of imidazole rings is 1. The zero-order valence-corrected chi connectivity index (χ0v) is 19.8. The number of nitrogens with zero attached hydrogens (tertiary/aromatic N) is 2. The zero-order valence-electron chi connectivity index (χ0n) is 19.0. The van der Waals surface area contributed by atoms with E-state index in [0.29, 0.717) is 23.0 Å². The lowest BCUT2D eigenvalue weighted by Gasteiger charge is -2.11. The Morgan fingerprint density at radius 3 is 2.85 bits per heavy atom. The predicted octanol–water partition coefficient (Wildman–Crippen LogP) is 6.22. The van der Waals surface area contributed by atoms with Crippen LogP contribution in [0.2, 0.25) is 0 Å². The monoisotopic (exact) mass is 471 g/mol. The van der Waals surface area contributed by atoms with Crippen LogP contribution in [-0.4, -0.2) is 33.9 Å². The molecule has 0 aliphatic heterocycles. The van der Waals surface area contributed by atoms with Crippen molar-refractivity contribution in [3.63, 3.8) is 0 Å². The fraction of sp³-hybridized carbons (Fsp3) is 0.292. The highest BCUT2D eigenvalue weighted by atomic mass is 32.2. The molecule has 0 fully saturated rings. The number of hydrogen-bond acceptors (Lipinski definition) is 6. The number of pyridine rings is 1. The molecule has 0 aliphatic carbocycles. The topological polar surface area (TPSA) is 86.7 Å². The molecule has 0 saturated heterocycles. The number of halogens is 2. The molecule has 2 rings (SSSR count). The van der Waals surface area contributed by atoms with Gasteiger partial charge in [-0.25, -0.2) is 18.7 Å². The molecule has 0 amide bonds. The second-order valence-electron chi connectivity index (χ2n) is 6.89. The number of methoxy groups -OCH3 is 1. The van der Waals surface area contributed by atoms with Gasteiger partial charge in [0.05, 0.1) is 24.8 Å². The van der Waals surface area contributed by atoms with Gasteiger partial charge in [0.1, 0.15) is 23.4 Å². The molecule has 0 radical (unpaired) electrons. The second-order valence-corrected chi connectivity index (χ2v) is 7.94. The van der Waals surface area contributed by atoms with Crippen molar-refractivity contribution in [1.29, 1.82) is 5.41 Å². The first-order valence-electron chi connectivity index (χ1n) is 10.2. The second kappa shape index (κ2) is 13.2. The third-order valence-corrected chi connectivity index (χ3v) is 4.93. The van der Waals surface area contributed by atoms with E-state index in [0.717, 1.165) is 23.1 Å². The molecule has 3 N–H and O–H groups in total. The first kappa shape index (κ1) is 25.9. The van der Waals surface area contributed by atoms with Crippen molar-refractivity contribution in [2.24, 2.45) is 0 Å². The Morgan fingerprint density at radius 1 is 1.36 bits per heavy atom. The summed E-state index contributed by atoms with van der Waals surface area (Å²) in [4.78, 5) is 12.3. The van der Waals surface area contributed by atoms with Gasteiger partial charge in [-0.3, -0.25) is 0 Å². The minimum Gasteiger partial charge on any atom is -0.480 e. The molecule has 0 aromatic carbocycles. The summed E-state index contributed by atoms with van der Waals surface area (Å²) >= 11 is 1.25. The Bertz CT molecular complexity index is 1110. The molecule has 6 nitrogen and oxygen atoms in total. The van der Waals surface area contributed by atoms with Gasteiger partial charge in [-0.15, -0.1) is 0 Å². The molecule has 0 aliphatic rings. The number of aromatic nitrogens is 3. The van der Waals surface area contributed by atoms with E-state index in [1.165, 1.54) is 26.0 Å². The predicted molar refractivity (Wildman–Crippen MR) is 132 cm³/mol. The molecule has 174 valence electrons. The van der Waals surface area contributed by atoms with Gasteiger partial charge in [0.2, 0.25) is 5.88 Å². The minimum atomic E-state index is -1.37. The van der Waals surface area contributed by atoms with Crippen LogP contribution in [0.25, 0.3) is 6.08 Å². The number of alkyl halides is 1. The van der Waals surface area contributed by atoms with Crippen LogP contribution in [-0.2, 0) is 0 Å². The van der Waals surface area contributed by atoms with Crippen molar-refractivity contribution in [3.8, 4) is 17.7 Å². The molecule has 0 saturated carbocycles. The van der Waals surface area contributed by atoms with Crippen LogP contribution in [0.3, 0.4) is 0 Å². The van der Waals surface area contributed by atoms with Crippen molar-refractivity contribution in [3.05, 3.63) is 64.5 Å². The number of anilines is 1. The highest BCUT2D eigenvalue weighted by Crippen LogP contribution is 2.28. The number of aromatic amines is 1. The molecular weight excluding hydrogens is 444 g/mol.